The molecule has 1 fully saturated rings. The number of fused-ring (bicyclic) bond motifs is 3. The Bertz CT molecular complexity index is 1160. The number of benzene rings is 3. The number of esters is 1. The van der Waals surface area contributed by atoms with Crippen LogP contribution in [0.5, 0.6) is 0 Å². The van der Waals surface area contributed by atoms with E-state index >= 15 is 0 Å². The summed E-state index contributed by atoms with van der Waals surface area (Å²) in [6.45, 7) is 0.802. The van der Waals surface area contributed by atoms with E-state index in [1.54, 1.807) is 0 Å². The minimum absolute atomic E-state index is 0.0670. The molecule has 1 aliphatic heterocycles. The second-order valence-corrected chi connectivity index (χ2v) is 9.25. The van der Waals surface area contributed by atoms with Crippen LogP contribution in [0, 0.1) is 0 Å². The Morgan fingerprint density at radius 2 is 1.54 bits per heavy atom. The molecule has 0 aromatic heterocycles. The molecular formula is C30H31NO6. The first-order valence-electron chi connectivity index (χ1n) is 12.7. The van der Waals surface area contributed by atoms with Gasteiger partial charge in [0.05, 0.1) is 6.61 Å². The van der Waals surface area contributed by atoms with Crippen LogP contribution in [0.2, 0.25) is 0 Å². The maximum Gasteiger partial charge on any atom is 0.407 e. The highest BCUT2D eigenvalue weighted by Crippen LogP contribution is 2.44. The zero-order valence-electron chi connectivity index (χ0n) is 20.6. The number of carbonyl (C=O) groups is 2. The van der Waals surface area contributed by atoms with Gasteiger partial charge in [-0.05, 0) is 47.1 Å². The van der Waals surface area contributed by atoms with E-state index in [2.05, 4.69) is 29.6 Å². The van der Waals surface area contributed by atoms with Crippen molar-refractivity contribution in [2.24, 2.45) is 0 Å². The van der Waals surface area contributed by atoms with Gasteiger partial charge in [0.15, 0.2) is 12.3 Å². The normalized spacial score (nSPS) is 17.4. The van der Waals surface area contributed by atoms with Crippen molar-refractivity contribution in [3.63, 3.8) is 0 Å². The summed E-state index contributed by atoms with van der Waals surface area (Å²) in [5.74, 6) is -0.665. The van der Waals surface area contributed by atoms with Crippen LogP contribution in [0.1, 0.15) is 41.9 Å². The molecule has 1 heterocycles. The summed E-state index contributed by atoms with van der Waals surface area (Å²) < 4.78 is 22.5. The van der Waals surface area contributed by atoms with E-state index in [0.717, 1.165) is 47.1 Å². The number of alkyl carbamates (subject to hydrolysis) is 1. The monoisotopic (exact) mass is 501 g/mol. The third kappa shape index (κ3) is 6.18. The van der Waals surface area contributed by atoms with Gasteiger partial charge in [-0.1, -0.05) is 78.9 Å². The summed E-state index contributed by atoms with van der Waals surface area (Å²) >= 11 is 0. The van der Waals surface area contributed by atoms with Gasteiger partial charge < -0.3 is 24.3 Å². The fourth-order valence-electron chi connectivity index (χ4n) is 4.83. The Kier molecular flexibility index (Phi) is 8.13. The van der Waals surface area contributed by atoms with Crippen molar-refractivity contribution in [3.05, 3.63) is 95.6 Å². The quantitative estimate of drug-likeness (QED) is 0.407. The minimum Gasteiger partial charge on any atom is -0.459 e. The highest BCUT2D eigenvalue weighted by molar-refractivity contribution is 5.82. The average Bonchev–Trinajstić information content (AvgIpc) is 3.27. The lowest BCUT2D eigenvalue weighted by Crippen LogP contribution is -2.46. The van der Waals surface area contributed by atoms with E-state index in [0.29, 0.717) is 6.61 Å². The topological polar surface area (TPSA) is 83.1 Å². The van der Waals surface area contributed by atoms with Gasteiger partial charge in [0, 0.05) is 12.5 Å². The molecule has 192 valence electrons. The number of carbonyl (C=O) groups excluding carboxylic acids is 2. The predicted molar refractivity (Wildman–Crippen MR) is 138 cm³/mol. The Hall–Kier alpha value is -3.68. The number of hydrogen-bond donors (Lipinski definition) is 1. The van der Waals surface area contributed by atoms with Crippen LogP contribution in [-0.2, 0) is 30.3 Å². The summed E-state index contributed by atoms with van der Waals surface area (Å²) in [5.41, 5.74) is 5.39. The first-order chi connectivity index (χ1) is 18.2. The molecule has 37 heavy (non-hydrogen) atoms. The zero-order chi connectivity index (χ0) is 25.5. The standard InChI is InChI=1S/C30H31NO6/c32-29(36-18-21-10-2-1-3-11-21)27(20-35-28-16-8-9-17-34-28)31-30(33)37-19-26-24-14-6-4-12-22(24)23-13-5-7-15-25(23)26/h1-7,10-15,26-28H,8-9,16-20H2,(H,31,33)/t27?,28-/m0/s1. The highest BCUT2D eigenvalue weighted by atomic mass is 16.7. The Labute approximate surface area is 216 Å². The second-order valence-electron chi connectivity index (χ2n) is 9.25. The summed E-state index contributed by atoms with van der Waals surface area (Å²) in [5, 5.41) is 2.65. The maximum atomic E-state index is 12.9. The molecule has 1 saturated heterocycles. The maximum absolute atomic E-state index is 12.9. The van der Waals surface area contributed by atoms with E-state index in [1.807, 2.05) is 54.6 Å². The molecule has 5 rings (SSSR count). The van der Waals surface area contributed by atoms with Crippen molar-refractivity contribution in [2.45, 2.75) is 44.1 Å². The van der Waals surface area contributed by atoms with Gasteiger partial charge in [-0.25, -0.2) is 9.59 Å². The van der Waals surface area contributed by atoms with Crippen molar-refractivity contribution in [1.29, 1.82) is 0 Å². The molecule has 0 spiro atoms. The molecular weight excluding hydrogens is 470 g/mol. The molecule has 0 radical (unpaired) electrons. The number of ether oxygens (including phenoxy) is 4. The molecule has 2 atom stereocenters. The van der Waals surface area contributed by atoms with Gasteiger partial charge in [-0.15, -0.1) is 0 Å². The van der Waals surface area contributed by atoms with Gasteiger partial charge >= 0.3 is 12.1 Å². The molecule has 0 saturated carbocycles. The van der Waals surface area contributed by atoms with Crippen LogP contribution in [0.15, 0.2) is 78.9 Å². The summed E-state index contributed by atoms with van der Waals surface area (Å²) in [6, 6.07) is 24.6. The van der Waals surface area contributed by atoms with Crippen LogP contribution in [-0.4, -0.2) is 44.2 Å². The van der Waals surface area contributed by atoms with Crippen molar-refractivity contribution in [3.8, 4) is 11.1 Å². The van der Waals surface area contributed by atoms with E-state index in [9.17, 15) is 9.59 Å². The summed E-state index contributed by atoms with van der Waals surface area (Å²) in [6.07, 6.45) is 1.63. The lowest BCUT2D eigenvalue weighted by atomic mass is 9.98. The first-order valence-corrected chi connectivity index (χ1v) is 12.7. The predicted octanol–water partition coefficient (Wildman–Crippen LogP) is 5.18. The van der Waals surface area contributed by atoms with Crippen molar-refractivity contribution in [2.75, 3.05) is 19.8 Å². The van der Waals surface area contributed by atoms with Crippen molar-refractivity contribution < 1.29 is 28.5 Å². The molecule has 7 nitrogen and oxygen atoms in total. The molecule has 1 amide bonds. The third-order valence-electron chi connectivity index (χ3n) is 6.73. The summed E-state index contributed by atoms with van der Waals surface area (Å²) in [7, 11) is 0. The number of nitrogens with one attached hydrogen (secondary N) is 1. The van der Waals surface area contributed by atoms with Crippen LogP contribution in [0.3, 0.4) is 0 Å². The van der Waals surface area contributed by atoms with E-state index in [-0.39, 0.29) is 25.7 Å². The van der Waals surface area contributed by atoms with Gasteiger partial charge in [0.1, 0.15) is 13.2 Å². The number of hydrogen-bond acceptors (Lipinski definition) is 6. The molecule has 2 aliphatic rings. The van der Waals surface area contributed by atoms with Gasteiger partial charge in [0.2, 0.25) is 0 Å². The number of rotatable bonds is 9. The Morgan fingerprint density at radius 1 is 0.865 bits per heavy atom. The van der Waals surface area contributed by atoms with E-state index in [4.69, 9.17) is 18.9 Å². The van der Waals surface area contributed by atoms with E-state index in [1.165, 1.54) is 0 Å². The number of amides is 1. The molecule has 1 N–H and O–H groups in total. The minimum atomic E-state index is -1.02. The zero-order valence-corrected chi connectivity index (χ0v) is 20.6. The average molecular weight is 502 g/mol. The SMILES string of the molecule is O=C(NC(CO[C@H]1CCCCO1)C(=O)OCc1ccccc1)OCC1c2ccccc2-c2ccccc21. The fourth-order valence-corrected chi connectivity index (χ4v) is 4.83. The van der Waals surface area contributed by atoms with E-state index < -0.39 is 24.4 Å². The lowest BCUT2D eigenvalue weighted by Gasteiger charge is -2.25. The molecule has 3 aromatic carbocycles. The van der Waals surface area contributed by atoms with Gasteiger partial charge in [0.25, 0.3) is 0 Å². The molecule has 7 heteroatoms. The Morgan fingerprint density at radius 3 is 2.22 bits per heavy atom. The van der Waals surface area contributed by atoms with Crippen molar-refractivity contribution >= 4 is 12.1 Å². The first kappa shape index (κ1) is 25.0. The van der Waals surface area contributed by atoms with Crippen LogP contribution < -0.4 is 5.32 Å². The molecule has 3 aromatic rings. The molecule has 1 aliphatic carbocycles. The second kappa shape index (κ2) is 12.0. The lowest BCUT2D eigenvalue weighted by molar-refractivity contribution is -0.173. The van der Waals surface area contributed by atoms with Gasteiger partial charge in [-0.3, -0.25) is 0 Å². The summed E-state index contributed by atoms with van der Waals surface area (Å²) in [4.78, 5) is 25.7. The fraction of sp³-hybridized carbons (Fsp3) is 0.333. The largest absolute Gasteiger partial charge is 0.459 e. The van der Waals surface area contributed by atoms with Crippen LogP contribution in [0.4, 0.5) is 4.79 Å². The van der Waals surface area contributed by atoms with Crippen LogP contribution in [0.25, 0.3) is 11.1 Å². The van der Waals surface area contributed by atoms with Gasteiger partial charge in [-0.2, -0.15) is 0 Å². The van der Waals surface area contributed by atoms with Crippen LogP contribution >= 0.6 is 0 Å². The molecule has 0 bridgehead atoms. The third-order valence-corrected chi connectivity index (χ3v) is 6.73. The smallest absolute Gasteiger partial charge is 0.407 e. The Balaban J connectivity index is 1.21. The highest BCUT2D eigenvalue weighted by Gasteiger charge is 2.30. The van der Waals surface area contributed by atoms with Crippen molar-refractivity contribution in [1.82, 2.24) is 5.32 Å². The molecule has 1 unspecified atom stereocenters.